The number of thiol groups is 1. The summed E-state index contributed by atoms with van der Waals surface area (Å²) >= 11 is 3.88. The number of hydrogen-bond donors (Lipinski definition) is 1. The summed E-state index contributed by atoms with van der Waals surface area (Å²) in [5.41, 5.74) is 0.417. The van der Waals surface area contributed by atoms with Crippen LogP contribution in [0.2, 0.25) is 0 Å². The van der Waals surface area contributed by atoms with Crippen molar-refractivity contribution < 1.29 is 9.18 Å². The quantitative estimate of drug-likeness (QED) is 0.410. The molecule has 0 bridgehead atoms. The molecule has 0 unspecified atom stereocenters. The van der Waals surface area contributed by atoms with Gasteiger partial charge in [-0.15, -0.1) is 0 Å². The molecule has 13 heavy (non-hydrogen) atoms. The zero-order valence-corrected chi connectivity index (χ0v) is 7.64. The molecule has 1 aromatic carbocycles. The van der Waals surface area contributed by atoms with E-state index in [0.717, 1.165) is 0 Å². The van der Waals surface area contributed by atoms with E-state index < -0.39 is 5.82 Å². The summed E-state index contributed by atoms with van der Waals surface area (Å²) in [4.78, 5) is 10.5. The van der Waals surface area contributed by atoms with E-state index in [-0.39, 0.29) is 5.56 Å². The van der Waals surface area contributed by atoms with Crippen LogP contribution in [-0.4, -0.2) is 12.0 Å². The van der Waals surface area contributed by atoms with Crippen LogP contribution in [0.1, 0.15) is 15.9 Å². The average molecular weight is 194 g/mol. The normalized spacial score (nSPS) is 8.77. The number of halogens is 1. The van der Waals surface area contributed by atoms with E-state index in [4.69, 9.17) is 0 Å². The van der Waals surface area contributed by atoms with Crippen molar-refractivity contribution >= 4 is 18.9 Å². The second-order valence-electron chi connectivity index (χ2n) is 2.28. The highest BCUT2D eigenvalue weighted by molar-refractivity contribution is 7.80. The summed E-state index contributed by atoms with van der Waals surface area (Å²) in [5, 5.41) is 0. The van der Waals surface area contributed by atoms with Gasteiger partial charge in [0.15, 0.2) is 6.29 Å². The first kappa shape index (κ1) is 9.82. The fourth-order valence-corrected chi connectivity index (χ4v) is 0.980. The van der Waals surface area contributed by atoms with Gasteiger partial charge in [0.1, 0.15) is 5.82 Å². The molecule has 1 aromatic rings. The van der Waals surface area contributed by atoms with Crippen LogP contribution in [-0.2, 0) is 0 Å². The monoisotopic (exact) mass is 194 g/mol. The van der Waals surface area contributed by atoms with Gasteiger partial charge >= 0.3 is 0 Å². The second-order valence-corrected chi connectivity index (χ2v) is 2.60. The van der Waals surface area contributed by atoms with Crippen molar-refractivity contribution in [3.05, 3.63) is 35.1 Å². The summed E-state index contributed by atoms with van der Waals surface area (Å²) in [7, 11) is 0. The Labute approximate surface area is 81.4 Å². The molecule has 0 aliphatic rings. The smallest absolute Gasteiger partial charge is 0.154 e. The minimum Gasteiger partial charge on any atom is -0.298 e. The van der Waals surface area contributed by atoms with Crippen LogP contribution in [0.15, 0.2) is 18.2 Å². The Kier molecular flexibility index (Phi) is 3.53. The van der Waals surface area contributed by atoms with Gasteiger partial charge in [-0.2, -0.15) is 12.6 Å². The summed E-state index contributed by atoms with van der Waals surface area (Å²) in [6, 6.07) is 4.35. The van der Waals surface area contributed by atoms with Crippen molar-refractivity contribution in [3.8, 4) is 11.8 Å². The maximum absolute atomic E-state index is 13.0. The third-order valence-corrected chi connectivity index (χ3v) is 1.63. The van der Waals surface area contributed by atoms with Crippen molar-refractivity contribution in [2.75, 3.05) is 5.75 Å². The van der Waals surface area contributed by atoms with E-state index in [0.29, 0.717) is 17.6 Å². The van der Waals surface area contributed by atoms with Crippen molar-refractivity contribution in [1.29, 1.82) is 0 Å². The van der Waals surface area contributed by atoms with Crippen LogP contribution < -0.4 is 0 Å². The number of aldehydes is 1. The summed E-state index contributed by atoms with van der Waals surface area (Å²) in [6.45, 7) is 0. The van der Waals surface area contributed by atoms with Crippen LogP contribution >= 0.6 is 12.6 Å². The Morgan fingerprint density at radius 3 is 2.92 bits per heavy atom. The minimum atomic E-state index is -0.541. The van der Waals surface area contributed by atoms with Gasteiger partial charge in [-0.1, -0.05) is 17.9 Å². The van der Waals surface area contributed by atoms with Crippen LogP contribution in [0.3, 0.4) is 0 Å². The predicted octanol–water partition coefficient (Wildman–Crippen LogP) is 1.92. The van der Waals surface area contributed by atoms with Crippen LogP contribution in [0.5, 0.6) is 0 Å². The topological polar surface area (TPSA) is 17.1 Å². The first-order valence-electron chi connectivity index (χ1n) is 3.63. The molecule has 3 heteroatoms. The highest BCUT2D eigenvalue weighted by atomic mass is 32.1. The first-order valence-corrected chi connectivity index (χ1v) is 4.26. The van der Waals surface area contributed by atoms with Gasteiger partial charge in [-0.05, 0) is 12.1 Å². The Balaban J connectivity index is 3.20. The largest absolute Gasteiger partial charge is 0.298 e. The van der Waals surface area contributed by atoms with Gasteiger partial charge in [-0.3, -0.25) is 4.79 Å². The van der Waals surface area contributed by atoms with E-state index in [9.17, 15) is 9.18 Å². The lowest BCUT2D eigenvalue weighted by atomic mass is 10.1. The van der Waals surface area contributed by atoms with E-state index in [1.54, 1.807) is 6.07 Å². The molecule has 0 atom stereocenters. The summed E-state index contributed by atoms with van der Waals surface area (Å²) < 4.78 is 13.0. The summed E-state index contributed by atoms with van der Waals surface area (Å²) in [6.07, 6.45) is 0.470. The van der Waals surface area contributed by atoms with E-state index in [1.165, 1.54) is 12.1 Å². The van der Waals surface area contributed by atoms with E-state index >= 15 is 0 Å². The zero-order valence-electron chi connectivity index (χ0n) is 6.75. The van der Waals surface area contributed by atoms with Crippen molar-refractivity contribution in [1.82, 2.24) is 0 Å². The predicted molar refractivity (Wildman–Crippen MR) is 52.5 cm³/mol. The number of hydrogen-bond acceptors (Lipinski definition) is 2. The van der Waals surface area contributed by atoms with Crippen LogP contribution in [0.25, 0.3) is 0 Å². The molecule has 0 N–H and O–H groups in total. The number of carbonyl (C=O) groups excluding carboxylic acids is 1. The Morgan fingerprint density at radius 2 is 2.31 bits per heavy atom. The molecule has 0 aliphatic heterocycles. The molecule has 1 rings (SSSR count). The molecule has 0 radical (unpaired) electrons. The summed E-state index contributed by atoms with van der Waals surface area (Å²) in [5.74, 6) is 5.16. The Bertz CT molecular complexity index is 376. The van der Waals surface area contributed by atoms with Crippen molar-refractivity contribution in [3.63, 3.8) is 0 Å². The molecule has 0 fully saturated rings. The van der Waals surface area contributed by atoms with Gasteiger partial charge in [0, 0.05) is 5.56 Å². The number of benzene rings is 1. The molecule has 0 spiro atoms. The van der Waals surface area contributed by atoms with Crippen molar-refractivity contribution in [2.24, 2.45) is 0 Å². The Morgan fingerprint density at radius 1 is 1.54 bits per heavy atom. The Hall–Kier alpha value is -1.27. The first-order chi connectivity index (χ1) is 6.29. The lowest BCUT2D eigenvalue weighted by Crippen LogP contribution is -1.92. The molecule has 0 saturated carbocycles. The minimum absolute atomic E-state index is 0.0109. The molecule has 0 aromatic heterocycles. The second kappa shape index (κ2) is 4.68. The SMILES string of the molecule is O=Cc1c(F)cccc1C#CCS. The molecule has 1 nitrogen and oxygen atoms in total. The average Bonchev–Trinajstić information content (AvgIpc) is 2.15. The molecular weight excluding hydrogens is 187 g/mol. The fourth-order valence-electron chi connectivity index (χ4n) is 0.901. The molecular formula is C10H7FOS. The third-order valence-electron chi connectivity index (χ3n) is 1.47. The molecule has 0 aliphatic carbocycles. The van der Waals surface area contributed by atoms with Gasteiger partial charge < -0.3 is 0 Å². The lowest BCUT2D eigenvalue weighted by Gasteiger charge is -1.96. The molecule has 0 amide bonds. The van der Waals surface area contributed by atoms with Crippen LogP contribution in [0.4, 0.5) is 4.39 Å². The fraction of sp³-hybridized carbons (Fsp3) is 0.100. The van der Waals surface area contributed by atoms with E-state index in [1.807, 2.05) is 0 Å². The van der Waals surface area contributed by atoms with Gasteiger partial charge in [0.25, 0.3) is 0 Å². The lowest BCUT2D eigenvalue weighted by molar-refractivity contribution is 0.111. The van der Waals surface area contributed by atoms with Crippen molar-refractivity contribution in [2.45, 2.75) is 0 Å². The molecule has 66 valence electrons. The molecule has 0 heterocycles. The number of rotatable bonds is 1. The highest BCUT2D eigenvalue weighted by Gasteiger charge is 2.03. The zero-order chi connectivity index (χ0) is 9.68. The maximum atomic E-state index is 13.0. The highest BCUT2D eigenvalue weighted by Crippen LogP contribution is 2.09. The number of carbonyl (C=O) groups is 1. The third kappa shape index (κ3) is 2.33. The van der Waals surface area contributed by atoms with E-state index in [2.05, 4.69) is 24.5 Å². The van der Waals surface area contributed by atoms with Gasteiger partial charge in [0.05, 0.1) is 11.3 Å². The molecule has 0 saturated heterocycles. The van der Waals surface area contributed by atoms with Crippen LogP contribution in [0, 0.1) is 17.7 Å². The van der Waals surface area contributed by atoms with Gasteiger partial charge in [-0.25, -0.2) is 4.39 Å². The van der Waals surface area contributed by atoms with Gasteiger partial charge in [0.2, 0.25) is 0 Å². The maximum Gasteiger partial charge on any atom is 0.154 e. The standard InChI is InChI=1S/C10H7FOS/c11-10-5-1-3-8(4-2-6-13)9(10)7-12/h1,3,5,7,13H,6H2.